The normalized spacial score (nSPS) is 24.0. The monoisotopic (exact) mass is 573 g/mol. The summed E-state index contributed by atoms with van der Waals surface area (Å²) in [7, 11) is -4.09. The van der Waals surface area contributed by atoms with Crippen molar-refractivity contribution in [1.82, 2.24) is 4.72 Å². The zero-order chi connectivity index (χ0) is 27.1. The number of nitrogens with one attached hydrogen (secondary N) is 1. The second kappa shape index (κ2) is 10.5. The molecule has 5 rings (SSSR count). The number of rotatable bonds is 6. The number of ether oxygens (including phenoxy) is 2. The summed E-state index contributed by atoms with van der Waals surface area (Å²) in [4.78, 5) is 13.6. The van der Waals surface area contributed by atoms with Crippen molar-refractivity contribution in [3.05, 3.63) is 94.0 Å². The number of hydrogen-bond acceptors (Lipinski definition) is 5. The number of benzene rings is 3. The van der Waals surface area contributed by atoms with Gasteiger partial charge in [0.2, 0.25) is 5.91 Å². The van der Waals surface area contributed by atoms with Crippen LogP contribution in [-0.4, -0.2) is 26.0 Å². The molecule has 0 radical (unpaired) electrons. The van der Waals surface area contributed by atoms with Crippen molar-refractivity contribution >= 4 is 39.1 Å². The van der Waals surface area contributed by atoms with Gasteiger partial charge in [-0.25, -0.2) is 13.1 Å². The van der Waals surface area contributed by atoms with Gasteiger partial charge in [-0.3, -0.25) is 4.79 Å². The molecule has 1 N–H and O–H groups in total. The average molecular weight is 575 g/mol. The second-order valence-electron chi connectivity index (χ2n) is 10.4. The van der Waals surface area contributed by atoms with Gasteiger partial charge in [0.1, 0.15) is 11.4 Å². The molecule has 1 saturated heterocycles. The lowest BCUT2D eigenvalue weighted by molar-refractivity contribution is -0.179. The minimum atomic E-state index is -4.09. The molecule has 4 atom stereocenters. The van der Waals surface area contributed by atoms with Gasteiger partial charge in [-0.15, -0.1) is 0 Å². The highest BCUT2D eigenvalue weighted by Gasteiger charge is 2.52. The molecular formula is C29H29Cl2NO5S. The van der Waals surface area contributed by atoms with Gasteiger partial charge >= 0.3 is 0 Å². The third-order valence-electron chi connectivity index (χ3n) is 7.44. The van der Waals surface area contributed by atoms with E-state index >= 15 is 0 Å². The summed E-state index contributed by atoms with van der Waals surface area (Å²) < 4.78 is 41.4. The van der Waals surface area contributed by atoms with Crippen LogP contribution in [-0.2, 0) is 26.0 Å². The molecule has 3 aromatic carbocycles. The molecule has 0 aromatic heterocycles. The number of carbonyl (C=O) groups is 1. The Hall–Kier alpha value is -2.58. The van der Waals surface area contributed by atoms with E-state index in [4.69, 9.17) is 32.7 Å². The van der Waals surface area contributed by atoms with Gasteiger partial charge in [-0.2, -0.15) is 0 Å². The minimum Gasteiger partial charge on any atom is -0.487 e. The van der Waals surface area contributed by atoms with Crippen LogP contribution in [0.5, 0.6) is 5.75 Å². The molecule has 1 fully saturated rings. The van der Waals surface area contributed by atoms with E-state index in [2.05, 4.69) is 4.72 Å². The first-order valence-electron chi connectivity index (χ1n) is 12.5. The zero-order valence-electron chi connectivity index (χ0n) is 21.1. The summed E-state index contributed by atoms with van der Waals surface area (Å²) in [5.41, 5.74) is 1.31. The molecule has 0 aliphatic carbocycles. The first-order chi connectivity index (χ1) is 18.0. The van der Waals surface area contributed by atoms with E-state index in [1.54, 1.807) is 6.07 Å². The molecule has 0 unspecified atom stereocenters. The number of aryl methyl sites for hydroxylation is 1. The lowest BCUT2D eigenvalue weighted by Crippen LogP contribution is -2.54. The highest BCUT2D eigenvalue weighted by Crippen LogP contribution is 2.53. The SMILES string of the molecule is CC1(C)Oc2ccc(Cl)cc2[C@H]2O[C@@H](CCc3ccccc3)[C@@H](C(=O)NS(=O)(=O)c3ccc(Cl)cc3)C[C@@H]21. The van der Waals surface area contributed by atoms with Crippen molar-refractivity contribution in [2.45, 2.75) is 55.8 Å². The van der Waals surface area contributed by atoms with Crippen molar-refractivity contribution in [1.29, 1.82) is 0 Å². The standard InChI is InChI=1S/C29H29Cl2NO5S/c1-29(2)24-17-23(28(33)32-38(34,35)21-12-9-19(30)10-13-21)25(14-8-18-6-4-3-5-7-18)36-27(24)22-16-20(31)11-15-26(22)37-29/h3-7,9-13,15-16,23-25,27H,8,14,17H2,1-2H3,(H,32,33)/t23-,24-,25-,27+/m0/s1. The number of amides is 1. The quantitative estimate of drug-likeness (QED) is 0.370. The summed E-state index contributed by atoms with van der Waals surface area (Å²) in [5.74, 6) is -0.791. The smallest absolute Gasteiger partial charge is 0.264 e. The Kier molecular flexibility index (Phi) is 7.48. The van der Waals surface area contributed by atoms with Crippen LogP contribution in [0, 0.1) is 11.8 Å². The lowest BCUT2D eigenvalue weighted by Gasteiger charge is -2.50. The van der Waals surface area contributed by atoms with Gasteiger partial charge in [0.25, 0.3) is 10.0 Å². The van der Waals surface area contributed by atoms with Crippen molar-refractivity contribution < 1.29 is 22.7 Å². The molecule has 2 aliphatic heterocycles. The van der Waals surface area contributed by atoms with Crippen LogP contribution in [0.1, 0.15) is 43.9 Å². The summed E-state index contributed by atoms with van der Waals surface area (Å²) in [6.45, 7) is 3.94. The number of hydrogen-bond donors (Lipinski definition) is 1. The molecule has 6 nitrogen and oxygen atoms in total. The number of carbonyl (C=O) groups excluding carboxylic acids is 1. The highest BCUT2D eigenvalue weighted by atomic mass is 35.5. The molecule has 0 spiro atoms. The van der Waals surface area contributed by atoms with E-state index in [1.165, 1.54) is 24.3 Å². The number of sulfonamides is 1. The number of halogens is 2. The summed E-state index contributed by atoms with van der Waals surface area (Å²) in [6, 6.07) is 21.1. The molecule has 9 heteroatoms. The first kappa shape index (κ1) is 27.0. The Morgan fingerprint density at radius 2 is 1.68 bits per heavy atom. The average Bonchev–Trinajstić information content (AvgIpc) is 2.88. The molecule has 2 heterocycles. The van der Waals surface area contributed by atoms with E-state index in [0.717, 1.165) is 11.1 Å². The maximum absolute atomic E-state index is 13.6. The van der Waals surface area contributed by atoms with Crippen LogP contribution < -0.4 is 9.46 Å². The molecule has 200 valence electrons. The van der Waals surface area contributed by atoms with Crippen LogP contribution in [0.3, 0.4) is 0 Å². The second-order valence-corrected chi connectivity index (χ2v) is 12.9. The van der Waals surface area contributed by atoms with Gasteiger partial charge in [-0.05, 0) is 81.1 Å². The van der Waals surface area contributed by atoms with E-state index in [-0.39, 0.29) is 16.9 Å². The van der Waals surface area contributed by atoms with Crippen LogP contribution in [0.15, 0.2) is 77.7 Å². The van der Waals surface area contributed by atoms with E-state index in [0.29, 0.717) is 35.1 Å². The van der Waals surface area contributed by atoms with Crippen molar-refractivity contribution in [2.75, 3.05) is 0 Å². The van der Waals surface area contributed by atoms with Gasteiger partial charge in [-0.1, -0.05) is 53.5 Å². The maximum atomic E-state index is 13.6. The Labute approximate surface area is 233 Å². The van der Waals surface area contributed by atoms with E-state index < -0.39 is 33.6 Å². The Bertz CT molecular complexity index is 1430. The molecule has 0 bridgehead atoms. The molecule has 3 aromatic rings. The van der Waals surface area contributed by atoms with E-state index in [9.17, 15) is 13.2 Å². The van der Waals surface area contributed by atoms with Crippen LogP contribution in [0.25, 0.3) is 0 Å². The Morgan fingerprint density at radius 3 is 2.39 bits per heavy atom. The van der Waals surface area contributed by atoms with Gasteiger partial charge in [0.15, 0.2) is 0 Å². The highest BCUT2D eigenvalue weighted by molar-refractivity contribution is 7.90. The lowest BCUT2D eigenvalue weighted by atomic mass is 9.71. The zero-order valence-corrected chi connectivity index (χ0v) is 23.4. The minimum absolute atomic E-state index is 0.0319. The summed E-state index contributed by atoms with van der Waals surface area (Å²) in [6.07, 6.45) is 0.760. The molecular weight excluding hydrogens is 545 g/mol. The Morgan fingerprint density at radius 1 is 1.00 bits per heavy atom. The van der Waals surface area contributed by atoms with E-state index in [1.807, 2.05) is 56.3 Å². The third kappa shape index (κ3) is 5.57. The predicted octanol–water partition coefficient (Wildman–Crippen LogP) is 6.36. The largest absolute Gasteiger partial charge is 0.487 e. The van der Waals surface area contributed by atoms with Crippen LogP contribution in [0.2, 0.25) is 10.0 Å². The van der Waals surface area contributed by atoms with Crippen molar-refractivity contribution in [3.8, 4) is 5.75 Å². The fraction of sp³-hybridized carbons (Fsp3) is 0.345. The fourth-order valence-electron chi connectivity index (χ4n) is 5.44. The van der Waals surface area contributed by atoms with Crippen LogP contribution >= 0.6 is 23.2 Å². The number of fused-ring (bicyclic) bond motifs is 3. The predicted molar refractivity (Wildman–Crippen MR) is 147 cm³/mol. The molecule has 0 saturated carbocycles. The summed E-state index contributed by atoms with van der Waals surface area (Å²) in [5, 5.41) is 0.979. The molecule has 2 aliphatic rings. The van der Waals surface area contributed by atoms with Gasteiger partial charge in [0.05, 0.1) is 23.0 Å². The Balaban J connectivity index is 1.45. The first-order valence-corrected chi connectivity index (χ1v) is 14.8. The summed E-state index contributed by atoms with van der Waals surface area (Å²) >= 11 is 12.2. The fourth-order valence-corrected chi connectivity index (χ4v) is 6.77. The topological polar surface area (TPSA) is 81.7 Å². The van der Waals surface area contributed by atoms with Gasteiger partial charge < -0.3 is 9.47 Å². The van der Waals surface area contributed by atoms with Crippen molar-refractivity contribution in [3.63, 3.8) is 0 Å². The third-order valence-corrected chi connectivity index (χ3v) is 9.29. The molecule has 38 heavy (non-hydrogen) atoms. The maximum Gasteiger partial charge on any atom is 0.264 e. The van der Waals surface area contributed by atoms with Crippen molar-refractivity contribution in [2.24, 2.45) is 11.8 Å². The van der Waals surface area contributed by atoms with Crippen LogP contribution in [0.4, 0.5) is 0 Å². The molecule has 1 amide bonds. The van der Waals surface area contributed by atoms with Gasteiger partial charge in [0, 0.05) is 21.5 Å².